The lowest BCUT2D eigenvalue weighted by Crippen LogP contribution is -2.12. The molecule has 0 aromatic heterocycles. The number of benzene rings is 2. The molecule has 5 heteroatoms. The molecule has 0 heterocycles. The van der Waals surface area contributed by atoms with Crippen LogP contribution in [0.3, 0.4) is 0 Å². The van der Waals surface area contributed by atoms with Crippen LogP contribution in [0, 0.1) is 0 Å². The minimum atomic E-state index is -0.292. The highest BCUT2D eigenvalue weighted by atomic mass is 16.3. The Bertz CT molecular complexity index is 559. The molecule has 0 aliphatic heterocycles. The van der Waals surface area contributed by atoms with Crippen LogP contribution in [0.25, 0.3) is 0 Å². The van der Waals surface area contributed by atoms with Crippen LogP contribution in [0.2, 0.25) is 0 Å². The summed E-state index contributed by atoms with van der Waals surface area (Å²) in [5, 5.41) is 11.8. The van der Waals surface area contributed by atoms with Gasteiger partial charge < -0.3 is 21.9 Å². The normalized spacial score (nSPS) is 10.0. The van der Waals surface area contributed by atoms with Gasteiger partial charge in [0.25, 0.3) is 5.91 Å². The fourth-order valence-electron chi connectivity index (χ4n) is 1.56. The van der Waals surface area contributed by atoms with E-state index in [0.717, 1.165) is 0 Å². The maximum atomic E-state index is 11.9. The van der Waals surface area contributed by atoms with Crippen molar-refractivity contribution in [3.63, 3.8) is 0 Å². The number of phenols is 1. The molecule has 2 aromatic rings. The maximum absolute atomic E-state index is 11.9. The molecular formula is C13H13N3O2. The van der Waals surface area contributed by atoms with Crippen molar-refractivity contribution >= 4 is 23.0 Å². The van der Waals surface area contributed by atoms with Gasteiger partial charge in [0, 0.05) is 22.6 Å². The molecule has 5 nitrogen and oxygen atoms in total. The summed E-state index contributed by atoms with van der Waals surface area (Å²) in [5.41, 5.74) is 13.2. The number of rotatable bonds is 2. The summed E-state index contributed by atoms with van der Waals surface area (Å²) < 4.78 is 0. The molecular weight excluding hydrogens is 230 g/mol. The topological polar surface area (TPSA) is 101 Å². The van der Waals surface area contributed by atoms with Crippen molar-refractivity contribution in [2.24, 2.45) is 0 Å². The molecule has 0 atom stereocenters. The number of nitrogens with two attached hydrogens (primary N) is 2. The molecule has 0 spiro atoms. The number of hydrogen-bond acceptors (Lipinski definition) is 4. The van der Waals surface area contributed by atoms with Crippen molar-refractivity contribution in [1.82, 2.24) is 0 Å². The van der Waals surface area contributed by atoms with Crippen LogP contribution >= 0.6 is 0 Å². The van der Waals surface area contributed by atoms with E-state index in [1.807, 2.05) is 0 Å². The van der Waals surface area contributed by atoms with Gasteiger partial charge in [-0.25, -0.2) is 0 Å². The smallest absolute Gasteiger partial charge is 0.255 e. The number of nitrogen functional groups attached to an aromatic ring is 2. The Morgan fingerprint density at radius 1 is 1.00 bits per heavy atom. The zero-order chi connectivity index (χ0) is 13.1. The summed E-state index contributed by atoms with van der Waals surface area (Å²) in [5.74, 6) is -0.181. The molecule has 0 bridgehead atoms. The van der Waals surface area contributed by atoms with E-state index in [1.165, 1.54) is 24.3 Å². The second-order valence-electron chi connectivity index (χ2n) is 3.89. The van der Waals surface area contributed by atoms with E-state index in [9.17, 15) is 4.79 Å². The van der Waals surface area contributed by atoms with Gasteiger partial charge in [-0.15, -0.1) is 0 Å². The van der Waals surface area contributed by atoms with Gasteiger partial charge in [0.1, 0.15) is 5.75 Å². The third-order valence-electron chi connectivity index (χ3n) is 2.37. The second-order valence-corrected chi connectivity index (χ2v) is 3.89. The van der Waals surface area contributed by atoms with E-state index in [-0.39, 0.29) is 11.7 Å². The quantitative estimate of drug-likeness (QED) is 0.604. The van der Waals surface area contributed by atoms with Gasteiger partial charge in [-0.2, -0.15) is 0 Å². The molecule has 18 heavy (non-hydrogen) atoms. The minimum Gasteiger partial charge on any atom is -0.508 e. The van der Waals surface area contributed by atoms with Crippen molar-refractivity contribution in [2.45, 2.75) is 0 Å². The highest BCUT2D eigenvalue weighted by Crippen LogP contribution is 2.19. The predicted octanol–water partition coefficient (Wildman–Crippen LogP) is 1.81. The van der Waals surface area contributed by atoms with Crippen LogP contribution in [-0.4, -0.2) is 11.0 Å². The van der Waals surface area contributed by atoms with Crippen LogP contribution in [0.4, 0.5) is 17.1 Å². The first-order valence-electron chi connectivity index (χ1n) is 5.31. The SMILES string of the molecule is Nc1cc(N)cc(NC(=O)c2ccc(O)cc2)c1. The van der Waals surface area contributed by atoms with Crippen LogP contribution in [0.5, 0.6) is 5.75 Å². The van der Waals surface area contributed by atoms with Gasteiger partial charge in [-0.1, -0.05) is 0 Å². The van der Waals surface area contributed by atoms with Gasteiger partial charge in [0.15, 0.2) is 0 Å². The summed E-state index contributed by atoms with van der Waals surface area (Å²) in [6.45, 7) is 0. The van der Waals surface area contributed by atoms with Gasteiger partial charge in [0.05, 0.1) is 0 Å². The largest absolute Gasteiger partial charge is 0.508 e. The van der Waals surface area contributed by atoms with E-state index in [1.54, 1.807) is 18.2 Å². The van der Waals surface area contributed by atoms with E-state index in [4.69, 9.17) is 16.6 Å². The number of hydrogen-bond donors (Lipinski definition) is 4. The molecule has 0 aliphatic carbocycles. The van der Waals surface area contributed by atoms with Crippen LogP contribution in [0.1, 0.15) is 10.4 Å². The monoisotopic (exact) mass is 243 g/mol. The molecule has 0 radical (unpaired) electrons. The van der Waals surface area contributed by atoms with Crippen molar-refractivity contribution < 1.29 is 9.90 Å². The molecule has 0 fully saturated rings. The highest BCUT2D eigenvalue weighted by Gasteiger charge is 2.06. The Morgan fingerprint density at radius 2 is 1.56 bits per heavy atom. The first kappa shape index (κ1) is 11.8. The summed E-state index contributed by atoms with van der Waals surface area (Å²) in [6.07, 6.45) is 0. The van der Waals surface area contributed by atoms with E-state index >= 15 is 0 Å². The fourth-order valence-corrected chi connectivity index (χ4v) is 1.56. The Labute approximate surface area is 104 Å². The minimum absolute atomic E-state index is 0.111. The highest BCUT2D eigenvalue weighted by molar-refractivity contribution is 6.04. The number of nitrogens with one attached hydrogen (secondary N) is 1. The zero-order valence-electron chi connectivity index (χ0n) is 9.55. The maximum Gasteiger partial charge on any atom is 0.255 e. The summed E-state index contributed by atoms with van der Waals surface area (Å²) in [6, 6.07) is 10.8. The lowest BCUT2D eigenvalue weighted by molar-refractivity contribution is 0.102. The van der Waals surface area contributed by atoms with Gasteiger partial charge in [-0.05, 0) is 42.5 Å². The summed E-state index contributed by atoms with van der Waals surface area (Å²) in [7, 11) is 0. The molecule has 0 saturated heterocycles. The number of amides is 1. The van der Waals surface area contributed by atoms with E-state index in [0.29, 0.717) is 22.6 Å². The van der Waals surface area contributed by atoms with Crippen molar-refractivity contribution in [3.8, 4) is 5.75 Å². The first-order valence-corrected chi connectivity index (χ1v) is 5.31. The Balaban J connectivity index is 2.18. The molecule has 0 aliphatic rings. The summed E-state index contributed by atoms with van der Waals surface area (Å²) in [4.78, 5) is 11.9. The fraction of sp³-hybridized carbons (Fsp3) is 0. The summed E-state index contributed by atoms with van der Waals surface area (Å²) >= 11 is 0. The predicted molar refractivity (Wildman–Crippen MR) is 71.3 cm³/mol. The van der Waals surface area contributed by atoms with Crippen molar-refractivity contribution in [3.05, 3.63) is 48.0 Å². The van der Waals surface area contributed by atoms with Crippen molar-refractivity contribution in [2.75, 3.05) is 16.8 Å². The van der Waals surface area contributed by atoms with E-state index in [2.05, 4.69) is 5.32 Å². The van der Waals surface area contributed by atoms with E-state index < -0.39 is 0 Å². The van der Waals surface area contributed by atoms with Gasteiger partial charge in [-0.3, -0.25) is 4.79 Å². The number of aromatic hydroxyl groups is 1. The molecule has 0 unspecified atom stereocenters. The average Bonchev–Trinajstić information content (AvgIpc) is 2.28. The lowest BCUT2D eigenvalue weighted by atomic mass is 10.2. The zero-order valence-corrected chi connectivity index (χ0v) is 9.55. The third-order valence-corrected chi connectivity index (χ3v) is 2.37. The second kappa shape index (κ2) is 4.67. The molecule has 92 valence electrons. The first-order chi connectivity index (χ1) is 8.54. The van der Waals surface area contributed by atoms with Crippen LogP contribution < -0.4 is 16.8 Å². The number of carbonyl (C=O) groups is 1. The van der Waals surface area contributed by atoms with Gasteiger partial charge in [0.2, 0.25) is 0 Å². The molecule has 2 aromatic carbocycles. The standard InChI is InChI=1S/C13H13N3O2/c14-9-5-10(15)7-11(6-9)16-13(18)8-1-3-12(17)4-2-8/h1-7,17H,14-15H2,(H,16,18). The van der Waals surface area contributed by atoms with Crippen LogP contribution in [-0.2, 0) is 0 Å². The number of carbonyl (C=O) groups excluding carboxylic acids is 1. The van der Waals surface area contributed by atoms with Crippen LogP contribution in [0.15, 0.2) is 42.5 Å². The van der Waals surface area contributed by atoms with Gasteiger partial charge >= 0.3 is 0 Å². The molecule has 1 amide bonds. The average molecular weight is 243 g/mol. The number of anilines is 3. The van der Waals surface area contributed by atoms with Crippen molar-refractivity contribution in [1.29, 1.82) is 0 Å². The molecule has 2 rings (SSSR count). The molecule has 6 N–H and O–H groups in total. The molecule has 0 saturated carbocycles. The Morgan fingerprint density at radius 3 is 2.11 bits per heavy atom. The lowest BCUT2D eigenvalue weighted by Gasteiger charge is -2.07. The third kappa shape index (κ3) is 2.70. The Kier molecular flexibility index (Phi) is 3.05. The Hall–Kier alpha value is -2.69. The number of phenolic OH excluding ortho intramolecular Hbond substituents is 1.